The normalized spacial score (nSPS) is 32.8. The first-order valence-electron chi connectivity index (χ1n) is 6.53. The van der Waals surface area contributed by atoms with Gasteiger partial charge in [0.05, 0.1) is 26.4 Å². The van der Waals surface area contributed by atoms with Crippen LogP contribution in [0.2, 0.25) is 0 Å². The maximum Gasteiger partial charge on any atom is 0.0622 e. The molecule has 0 aliphatic carbocycles. The molecule has 0 amide bonds. The quantitative estimate of drug-likeness (QED) is 0.758. The fourth-order valence-corrected chi connectivity index (χ4v) is 2.49. The summed E-state index contributed by atoms with van der Waals surface area (Å²) in [6.45, 7) is 9.05. The number of hydrogen-bond donors (Lipinski definition) is 1. The minimum Gasteiger partial charge on any atom is -0.379 e. The summed E-state index contributed by atoms with van der Waals surface area (Å²) >= 11 is 0. The number of nitrogens with zero attached hydrogens (tertiary/aromatic N) is 1. The predicted octanol–water partition coefficient (Wildman–Crippen LogP) is 0.476. The fourth-order valence-electron chi connectivity index (χ4n) is 2.49. The molecule has 0 bridgehead atoms. The van der Waals surface area contributed by atoms with Gasteiger partial charge in [0.1, 0.15) is 0 Å². The first kappa shape index (κ1) is 12.3. The molecule has 2 heterocycles. The van der Waals surface area contributed by atoms with Gasteiger partial charge in [0.2, 0.25) is 0 Å². The summed E-state index contributed by atoms with van der Waals surface area (Å²) in [5.74, 6) is 0. The molecule has 0 radical (unpaired) electrons. The molecule has 2 atom stereocenters. The highest BCUT2D eigenvalue weighted by Gasteiger charge is 2.22. The van der Waals surface area contributed by atoms with Gasteiger partial charge in [-0.2, -0.15) is 0 Å². The second-order valence-corrected chi connectivity index (χ2v) is 4.69. The van der Waals surface area contributed by atoms with Crippen molar-refractivity contribution in [3.05, 3.63) is 0 Å². The molecule has 0 spiro atoms. The second-order valence-electron chi connectivity index (χ2n) is 4.69. The lowest BCUT2D eigenvalue weighted by atomic mass is 10.1. The molecule has 4 nitrogen and oxygen atoms in total. The van der Waals surface area contributed by atoms with Crippen LogP contribution in [-0.4, -0.2) is 63.0 Å². The summed E-state index contributed by atoms with van der Waals surface area (Å²) in [6.07, 6.45) is 2.38. The second kappa shape index (κ2) is 6.55. The van der Waals surface area contributed by atoms with Crippen molar-refractivity contribution in [1.29, 1.82) is 0 Å². The van der Waals surface area contributed by atoms with Crippen molar-refractivity contribution in [2.75, 3.05) is 46.1 Å². The summed E-state index contributed by atoms with van der Waals surface area (Å²) in [5, 5.41) is 3.51. The largest absolute Gasteiger partial charge is 0.379 e. The minimum atomic E-state index is 0.550. The number of hydrogen-bond acceptors (Lipinski definition) is 4. The SMILES string of the molecule is CCC1COCCN1CCC1COCCN1. The molecule has 2 unspecified atom stereocenters. The maximum absolute atomic E-state index is 5.51. The topological polar surface area (TPSA) is 33.7 Å². The third-order valence-corrected chi connectivity index (χ3v) is 3.58. The Labute approximate surface area is 98.3 Å². The highest BCUT2D eigenvalue weighted by atomic mass is 16.5. The third kappa shape index (κ3) is 3.42. The summed E-state index contributed by atoms with van der Waals surface area (Å²) in [5.41, 5.74) is 0. The van der Waals surface area contributed by atoms with Crippen molar-refractivity contribution in [1.82, 2.24) is 10.2 Å². The Balaban J connectivity index is 1.70. The summed E-state index contributed by atoms with van der Waals surface area (Å²) < 4.78 is 11.0. The van der Waals surface area contributed by atoms with Crippen LogP contribution in [0, 0.1) is 0 Å². The Morgan fingerprint density at radius 2 is 2.12 bits per heavy atom. The van der Waals surface area contributed by atoms with Crippen molar-refractivity contribution < 1.29 is 9.47 Å². The average molecular weight is 228 g/mol. The number of ether oxygens (including phenoxy) is 2. The van der Waals surface area contributed by atoms with Gasteiger partial charge in [-0.3, -0.25) is 4.90 Å². The lowest BCUT2D eigenvalue weighted by Gasteiger charge is -2.36. The molecule has 94 valence electrons. The molecule has 0 aromatic rings. The van der Waals surface area contributed by atoms with Crippen molar-refractivity contribution in [2.24, 2.45) is 0 Å². The zero-order chi connectivity index (χ0) is 11.2. The minimum absolute atomic E-state index is 0.550. The van der Waals surface area contributed by atoms with Crippen molar-refractivity contribution in [3.8, 4) is 0 Å². The van der Waals surface area contributed by atoms with Gasteiger partial charge >= 0.3 is 0 Å². The Kier molecular flexibility index (Phi) is 5.03. The smallest absolute Gasteiger partial charge is 0.0622 e. The van der Waals surface area contributed by atoms with Gasteiger partial charge in [0.15, 0.2) is 0 Å². The van der Waals surface area contributed by atoms with E-state index in [1.807, 2.05) is 0 Å². The van der Waals surface area contributed by atoms with E-state index >= 15 is 0 Å². The first-order valence-corrected chi connectivity index (χ1v) is 6.53. The van der Waals surface area contributed by atoms with Gasteiger partial charge in [-0.05, 0) is 12.8 Å². The van der Waals surface area contributed by atoms with Crippen LogP contribution in [0.1, 0.15) is 19.8 Å². The Hall–Kier alpha value is -0.160. The third-order valence-electron chi connectivity index (χ3n) is 3.58. The highest BCUT2D eigenvalue weighted by molar-refractivity contribution is 4.77. The van der Waals surface area contributed by atoms with E-state index < -0.39 is 0 Å². The molecule has 2 saturated heterocycles. The summed E-state index contributed by atoms with van der Waals surface area (Å²) in [7, 11) is 0. The predicted molar refractivity (Wildman–Crippen MR) is 63.7 cm³/mol. The standard InChI is InChI=1S/C12H24N2O2/c1-2-12-10-16-8-6-14(12)5-3-11-9-15-7-4-13-11/h11-13H,2-10H2,1H3. The van der Waals surface area contributed by atoms with Crippen LogP contribution in [0.5, 0.6) is 0 Å². The van der Waals surface area contributed by atoms with E-state index in [0.29, 0.717) is 12.1 Å². The van der Waals surface area contributed by atoms with Crippen molar-refractivity contribution in [3.63, 3.8) is 0 Å². The van der Waals surface area contributed by atoms with Crippen LogP contribution in [0.4, 0.5) is 0 Å². The summed E-state index contributed by atoms with van der Waals surface area (Å²) in [4.78, 5) is 2.57. The Morgan fingerprint density at radius 1 is 1.25 bits per heavy atom. The van der Waals surface area contributed by atoms with E-state index in [1.54, 1.807) is 0 Å². The molecule has 0 aromatic heterocycles. The van der Waals surface area contributed by atoms with E-state index in [2.05, 4.69) is 17.1 Å². The van der Waals surface area contributed by atoms with E-state index in [9.17, 15) is 0 Å². The van der Waals surface area contributed by atoms with Crippen LogP contribution >= 0.6 is 0 Å². The van der Waals surface area contributed by atoms with Gasteiger partial charge in [0, 0.05) is 31.7 Å². The molecule has 0 saturated carbocycles. The molecule has 2 fully saturated rings. The zero-order valence-electron chi connectivity index (χ0n) is 10.3. The van der Waals surface area contributed by atoms with E-state index in [0.717, 1.165) is 39.5 Å². The molecule has 0 aromatic carbocycles. The van der Waals surface area contributed by atoms with Crippen LogP contribution in [0.15, 0.2) is 0 Å². The molecular weight excluding hydrogens is 204 g/mol. The lowest BCUT2D eigenvalue weighted by Crippen LogP contribution is -2.48. The van der Waals surface area contributed by atoms with Crippen LogP contribution in [0.25, 0.3) is 0 Å². The van der Waals surface area contributed by atoms with E-state index in [-0.39, 0.29) is 0 Å². The van der Waals surface area contributed by atoms with Gasteiger partial charge in [-0.25, -0.2) is 0 Å². The Bertz CT molecular complexity index is 195. The lowest BCUT2D eigenvalue weighted by molar-refractivity contribution is -0.0132. The molecule has 2 rings (SSSR count). The van der Waals surface area contributed by atoms with E-state index in [4.69, 9.17) is 9.47 Å². The molecule has 2 aliphatic rings. The van der Waals surface area contributed by atoms with E-state index in [1.165, 1.54) is 19.4 Å². The number of rotatable bonds is 4. The zero-order valence-corrected chi connectivity index (χ0v) is 10.3. The average Bonchev–Trinajstić information content (AvgIpc) is 2.38. The van der Waals surface area contributed by atoms with Crippen LogP contribution in [0.3, 0.4) is 0 Å². The first-order chi connectivity index (χ1) is 7.90. The number of nitrogens with one attached hydrogen (secondary N) is 1. The molecule has 1 N–H and O–H groups in total. The van der Waals surface area contributed by atoms with Crippen LogP contribution in [-0.2, 0) is 9.47 Å². The van der Waals surface area contributed by atoms with Crippen molar-refractivity contribution >= 4 is 0 Å². The van der Waals surface area contributed by atoms with Crippen molar-refractivity contribution in [2.45, 2.75) is 31.8 Å². The molecular formula is C12H24N2O2. The van der Waals surface area contributed by atoms with Gasteiger partial charge in [-0.15, -0.1) is 0 Å². The monoisotopic (exact) mass is 228 g/mol. The summed E-state index contributed by atoms with van der Waals surface area (Å²) in [6, 6.07) is 1.17. The molecule has 4 heteroatoms. The fraction of sp³-hybridized carbons (Fsp3) is 1.00. The van der Waals surface area contributed by atoms with Gasteiger partial charge < -0.3 is 14.8 Å². The molecule has 2 aliphatic heterocycles. The molecule has 16 heavy (non-hydrogen) atoms. The van der Waals surface area contributed by atoms with Crippen LogP contribution < -0.4 is 5.32 Å². The number of morpholine rings is 2. The van der Waals surface area contributed by atoms with Gasteiger partial charge in [-0.1, -0.05) is 6.92 Å². The Morgan fingerprint density at radius 3 is 2.88 bits per heavy atom. The highest BCUT2D eigenvalue weighted by Crippen LogP contribution is 2.11. The maximum atomic E-state index is 5.51. The van der Waals surface area contributed by atoms with Gasteiger partial charge in [0.25, 0.3) is 0 Å².